The number of likely N-dealkylation sites (tertiary alicyclic amines) is 1. The zero-order chi connectivity index (χ0) is 27.8. The van der Waals surface area contributed by atoms with E-state index in [1.54, 1.807) is 0 Å². The lowest BCUT2D eigenvalue weighted by molar-refractivity contribution is -0.154. The van der Waals surface area contributed by atoms with E-state index in [4.69, 9.17) is 15.6 Å². The molecule has 2 amide bonds. The Hall–Kier alpha value is -2.82. The molecule has 1 saturated carbocycles. The van der Waals surface area contributed by atoms with Crippen LogP contribution in [0.2, 0.25) is 0 Å². The van der Waals surface area contributed by atoms with Gasteiger partial charge in [-0.2, -0.15) is 0 Å². The molecule has 1 saturated heterocycles. The third-order valence-corrected chi connectivity index (χ3v) is 8.76. The smallest absolute Gasteiger partial charge is 0.328 e. The third-order valence-electron chi connectivity index (χ3n) is 8.76. The molecule has 208 valence electrons. The number of nitrogens with zero attached hydrogens (tertiary/aromatic N) is 1. The average Bonchev–Trinajstić information content (AvgIpc) is 3.44. The standard InChI is InChI=1S/C28H39N3O7/c1-15-12-19-23(16(2)28(8-9-28)17(3)24(19)34)18(15)6-5-11-38-27(37)22-7-4-10-31(22)26(36)21(14-33)30-25(35)20(29)13-32/h12,17,20-22,32-33H,4-11,13-14,29H2,1-3H3,(H,30,35)/t17-,20+,21+,22+/m1/s1. The van der Waals surface area contributed by atoms with Gasteiger partial charge in [-0.25, -0.2) is 4.79 Å². The van der Waals surface area contributed by atoms with Crippen LogP contribution in [-0.4, -0.2) is 83.2 Å². The van der Waals surface area contributed by atoms with Crippen LogP contribution in [0.5, 0.6) is 0 Å². The number of hydrogen-bond acceptors (Lipinski definition) is 8. The second-order valence-corrected chi connectivity index (χ2v) is 11.0. The highest BCUT2D eigenvalue weighted by molar-refractivity contribution is 6.07. The van der Waals surface area contributed by atoms with Gasteiger partial charge in [0.05, 0.1) is 19.8 Å². The highest BCUT2D eigenvalue weighted by Crippen LogP contribution is 2.63. The molecule has 4 aliphatic rings. The number of ether oxygens (including phenoxy) is 1. The Morgan fingerprint density at radius 2 is 1.95 bits per heavy atom. The van der Waals surface area contributed by atoms with Gasteiger partial charge in [-0.1, -0.05) is 12.5 Å². The summed E-state index contributed by atoms with van der Waals surface area (Å²) in [5.41, 5.74) is 11.0. The van der Waals surface area contributed by atoms with E-state index in [1.165, 1.54) is 10.5 Å². The van der Waals surface area contributed by atoms with E-state index < -0.39 is 49.1 Å². The molecule has 0 aromatic heterocycles. The van der Waals surface area contributed by atoms with Crippen molar-refractivity contribution in [3.8, 4) is 0 Å². The fraction of sp³-hybridized carbons (Fsp3) is 0.643. The summed E-state index contributed by atoms with van der Waals surface area (Å²) in [6.07, 6.45) is 6.40. The quantitative estimate of drug-likeness (QED) is 0.237. The normalized spacial score (nSPS) is 25.4. The van der Waals surface area contributed by atoms with E-state index in [9.17, 15) is 24.3 Å². The lowest BCUT2D eigenvalue weighted by atomic mass is 9.70. The second-order valence-electron chi connectivity index (χ2n) is 11.0. The van der Waals surface area contributed by atoms with Crippen LogP contribution in [0, 0.1) is 11.3 Å². The van der Waals surface area contributed by atoms with Crippen LogP contribution in [0.1, 0.15) is 59.3 Å². The number of carbonyl (C=O) groups excluding carboxylic acids is 4. The first-order valence-corrected chi connectivity index (χ1v) is 13.5. The van der Waals surface area contributed by atoms with Gasteiger partial charge in [-0.05, 0) is 75.2 Å². The Balaban J connectivity index is 1.32. The maximum absolute atomic E-state index is 13.0. The number of nitrogens with one attached hydrogen (secondary N) is 1. The third kappa shape index (κ3) is 4.97. The zero-order valence-corrected chi connectivity index (χ0v) is 22.4. The molecule has 2 fully saturated rings. The van der Waals surface area contributed by atoms with Gasteiger partial charge in [0.2, 0.25) is 11.8 Å². The van der Waals surface area contributed by atoms with Crippen molar-refractivity contribution in [2.45, 2.75) is 77.4 Å². The van der Waals surface area contributed by atoms with E-state index in [1.807, 2.05) is 19.9 Å². The first kappa shape index (κ1) is 28.2. The number of hydrogen-bond donors (Lipinski definition) is 4. The first-order valence-electron chi connectivity index (χ1n) is 13.5. The van der Waals surface area contributed by atoms with Crippen molar-refractivity contribution in [3.63, 3.8) is 0 Å². The predicted molar refractivity (Wildman–Crippen MR) is 138 cm³/mol. The molecule has 5 N–H and O–H groups in total. The van der Waals surface area contributed by atoms with E-state index in [2.05, 4.69) is 12.2 Å². The first-order chi connectivity index (χ1) is 18.1. The zero-order valence-electron chi connectivity index (χ0n) is 22.4. The minimum Gasteiger partial charge on any atom is -0.464 e. The highest BCUT2D eigenvalue weighted by atomic mass is 16.5. The van der Waals surface area contributed by atoms with E-state index in [0.29, 0.717) is 32.2 Å². The number of aliphatic hydroxyl groups excluding tert-OH is 2. The maximum atomic E-state index is 13.0. The van der Waals surface area contributed by atoms with Crippen molar-refractivity contribution in [2.75, 3.05) is 26.4 Å². The van der Waals surface area contributed by atoms with Crippen LogP contribution in [-0.2, 0) is 23.9 Å². The van der Waals surface area contributed by atoms with Crippen molar-refractivity contribution < 1.29 is 34.1 Å². The molecular weight excluding hydrogens is 490 g/mol. The number of carbonyl (C=O) groups is 4. The van der Waals surface area contributed by atoms with Crippen LogP contribution >= 0.6 is 0 Å². The summed E-state index contributed by atoms with van der Waals surface area (Å²) >= 11 is 0. The molecule has 4 atom stereocenters. The summed E-state index contributed by atoms with van der Waals surface area (Å²) in [6.45, 7) is 5.44. The molecule has 1 heterocycles. The van der Waals surface area contributed by atoms with Crippen LogP contribution in [0.25, 0.3) is 0 Å². The fourth-order valence-electron chi connectivity index (χ4n) is 6.22. The maximum Gasteiger partial charge on any atom is 0.328 e. The van der Waals surface area contributed by atoms with Crippen molar-refractivity contribution in [3.05, 3.63) is 33.9 Å². The molecule has 0 radical (unpaired) electrons. The Labute approximate surface area is 222 Å². The number of ketones is 1. The molecule has 1 aliphatic heterocycles. The number of fused-ring (bicyclic) bond motifs is 1. The minimum absolute atomic E-state index is 0.0135. The Morgan fingerprint density at radius 1 is 1.24 bits per heavy atom. The molecule has 1 spiro atoms. The van der Waals surface area contributed by atoms with Crippen molar-refractivity contribution in [1.82, 2.24) is 10.2 Å². The van der Waals surface area contributed by atoms with Crippen LogP contribution in [0.4, 0.5) is 0 Å². The topological polar surface area (TPSA) is 159 Å². The molecular formula is C28H39N3O7. The molecule has 4 rings (SSSR count). The van der Waals surface area contributed by atoms with E-state index in [0.717, 1.165) is 35.1 Å². The van der Waals surface area contributed by atoms with Crippen LogP contribution < -0.4 is 11.1 Å². The molecule has 0 unspecified atom stereocenters. The number of rotatable bonds is 10. The number of allylic oxidation sites excluding steroid dienone is 6. The summed E-state index contributed by atoms with van der Waals surface area (Å²) in [4.78, 5) is 52.1. The predicted octanol–water partition coefficient (Wildman–Crippen LogP) is 0.670. The van der Waals surface area contributed by atoms with Gasteiger partial charge in [0.1, 0.15) is 18.1 Å². The second kappa shape index (κ2) is 11.1. The molecule has 0 aromatic carbocycles. The molecule has 38 heavy (non-hydrogen) atoms. The molecule has 0 bridgehead atoms. The number of nitrogens with two attached hydrogens (primary N) is 1. The van der Waals surface area contributed by atoms with Gasteiger partial charge < -0.3 is 30.9 Å². The lowest BCUT2D eigenvalue weighted by Gasteiger charge is -2.32. The Kier molecular flexibility index (Phi) is 8.25. The summed E-state index contributed by atoms with van der Waals surface area (Å²) in [5, 5.41) is 21.0. The lowest BCUT2D eigenvalue weighted by Crippen LogP contribution is -2.56. The van der Waals surface area contributed by atoms with Crippen LogP contribution in [0.3, 0.4) is 0 Å². The highest BCUT2D eigenvalue weighted by Gasteiger charge is 2.56. The van der Waals surface area contributed by atoms with E-state index >= 15 is 0 Å². The van der Waals surface area contributed by atoms with Crippen molar-refractivity contribution >= 4 is 23.6 Å². The fourth-order valence-corrected chi connectivity index (χ4v) is 6.22. The van der Waals surface area contributed by atoms with Gasteiger partial charge in [-0.15, -0.1) is 0 Å². The number of esters is 1. The van der Waals surface area contributed by atoms with Gasteiger partial charge in [0.15, 0.2) is 5.78 Å². The Bertz CT molecular complexity index is 1120. The summed E-state index contributed by atoms with van der Waals surface area (Å²) < 4.78 is 5.55. The van der Waals surface area contributed by atoms with Gasteiger partial charge in [0, 0.05) is 23.5 Å². The SMILES string of the molecule is CC1=C(CCCOC(=O)[C@@H]2CCCN2C(=O)[C@H](CO)NC(=O)[C@@H](N)CO)C2=C(C)C3(CC3)[C@H](C)C(=O)C2=C1. The molecule has 0 aromatic rings. The van der Waals surface area contributed by atoms with Gasteiger partial charge in [0.25, 0.3) is 0 Å². The summed E-state index contributed by atoms with van der Waals surface area (Å²) in [6, 6.07) is -3.27. The summed E-state index contributed by atoms with van der Waals surface area (Å²) in [7, 11) is 0. The van der Waals surface area contributed by atoms with Crippen LogP contribution in [0.15, 0.2) is 33.9 Å². The molecule has 10 nitrogen and oxygen atoms in total. The Morgan fingerprint density at radius 3 is 2.58 bits per heavy atom. The van der Waals surface area contributed by atoms with Gasteiger partial charge in [-0.3, -0.25) is 14.4 Å². The summed E-state index contributed by atoms with van der Waals surface area (Å²) in [5.74, 6) is -1.63. The van der Waals surface area contributed by atoms with Gasteiger partial charge >= 0.3 is 5.97 Å². The van der Waals surface area contributed by atoms with Crippen molar-refractivity contribution in [1.29, 1.82) is 0 Å². The number of Topliss-reactive ketones (excluding diaryl/α,β-unsaturated/α-hetero) is 1. The van der Waals surface area contributed by atoms with Crippen molar-refractivity contribution in [2.24, 2.45) is 17.1 Å². The number of amides is 2. The monoisotopic (exact) mass is 529 g/mol. The number of aliphatic hydroxyl groups is 2. The van der Waals surface area contributed by atoms with E-state index in [-0.39, 0.29) is 23.7 Å². The largest absolute Gasteiger partial charge is 0.464 e. The molecule has 10 heteroatoms. The average molecular weight is 530 g/mol. The minimum atomic E-state index is -1.26. The molecule has 3 aliphatic carbocycles.